The fraction of sp³-hybridized carbons (Fsp3) is 0.375. The number of carbonyl (C=O) groups excluding carboxylic acids is 1. The van der Waals surface area contributed by atoms with Crippen molar-refractivity contribution in [2.75, 3.05) is 18.5 Å². The molecule has 0 radical (unpaired) electrons. The molecule has 1 atom stereocenters. The summed E-state index contributed by atoms with van der Waals surface area (Å²) >= 11 is 0. The van der Waals surface area contributed by atoms with Crippen molar-refractivity contribution < 1.29 is 14.6 Å². The van der Waals surface area contributed by atoms with Crippen molar-refractivity contribution in [3.8, 4) is 0 Å². The average molecular weight is 288 g/mol. The first-order valence-corrected chi connectivity index (χ1v) is 7.01. The highest BCUT2D eigenvalue weighted by molar-refractivity contribution is 6.05. The lowest BCUT2D eigenvalue weighted by Crippen LogP contribution is -2.18. The maximum absolute atomic E-state index is 12.1. The molecule has 0 bridgehead atoms. The number of aliphatic hydroxyl groups is 1. The van der Waals surface area contributed by atoms with Crippen LogP contribution < -0.4 is 5.32 Å². The smallest absolute Gasteiger partial charge is 0.341 e. The molecule has 5 heteroatoms. The van der Waals surface area contributed by atoms with E-state index in [4.69, 9.17) is 4.74 Å². The maximum Gasteiger partial charge on any atom is 0.341 e. The minimum Gasteiger partial charge on any atom is -0.462 e. The van der Waals surface area contributed by atoms with Gasteiger partial charge in [-0.3, -0.25) is 4.98 Å². The fourth-order valence-corrected chi connectivity index (χ4v) is 2.11. The number of nitrogens with zero attached hydrogens (tertiary/aromatic N) is 1. The summed E-state index contributed by atoms with van der Waals surface area (Å²) < 4.78 is 5.07. The van der Waals surface area contributed by atoms with Crippen LogP contribution in [0, 0.1) is 6.92 Å². The molecule has 21 heavy (non-hydrogen) atoms. The highest BCUT2D eigenvalue weighted by Gasteiger charge is 2.17. The molecule has 112 valence electrons. The lowest BCUT2D eigenvalue weighted by molar-refractivity contribution is 0.0527. The molecule has 0 aliphatic carbocycles. The molecule has 2 N–H and O–H groups in total. The summed E-state index contributed by atoms with van der Waals surface area (Å²) in [6.07, 6.45) is 0.994. The maximum atomic E-state index is 12.1. The Hall–Kier alpha value is -2.14. The molecule has 0 saturated heterocycles. The van der Waals surface area contributed by atoms with Crippen LogP contribution in [0.5, 0.6) is 0 Å². The lowest BCUT2D eigenvalue weighted by atomic mass is 10.1. The van der Waals surface area contributed by atoms with E-state index in [0.717, 1.165) is 16.5 Å². The Labute approximate surface area is 124 Å². The van der Waals surface area contributed by atoms with Gasteiger partial charge < -0.3 is 15.2 Å². The molecular formula is C16H20N2O3. The molecule has 0 aliphatic rings. The molecule has 1 aromatic heterocycles. The topological polar surface area (TPSA) is 71.5 Å². The molecular weight excluding hydrogens is 268 g/mol. The highest BCUT2D eigenvalue weighted by atomic mass is 16.5. The third kappa shape index (κ3) is 3.49. The Morgan fingerprint density at radius 3 is 2.90 bits per heavy atom. The minimum atomic E-state index is -0.520. The Morgan fingerprint density at radius 1 is 1.48 bits per heavy atom. The number of ether oxygens (including phenoxy) is 1. The monoisotopic (exact) mass is 288 g/mol. The second kappa shape index (κ2) is 6.54. The van der Waals surface area contributed by atoms with Gasteiger partial charge in [-0.15, -0.1) is 0 Å². The summed E-state index contributed by atoms with van der Waals surface area (Å²) in [7, 11) is 0. The third-order valence-electron chi connectivity index (χ3n) is 3.09. The quantitative estimate of drug-likeness (QED) is 0.827. The van der Waals surface area contributed by atoms with Crippen molar-refractivity contribution in [1.29, 1.82) is 0 Å². The Morgan fingerprint density at radius 2 is 2.24 bits per heavy atom. The molecule has 0 fully saturated rings. The molecule has 0 unspecified atom stereocenters. The van der Waals surface area contributed by atoms with Gasteiger partial charge in [0.25, 0.3) is 0 Å². The van der Waals surface area contributed by atoms with Crippen molar-refractivity contribution in [2.45, 2.75) is 26.9 Å². The van der Waals surface area contributed by atoms with Crippen molar-refractivity contribution in [3.05, 3.63) is 35.5 Å². The van der Waals surface area contributed by atoms with Crippen LogP contribution in [0.15, 0.2) is 24.4 Å². The molecule has 1 heterocycles. The summed E-state index contributed by atoms with van der Waals surface area (Å²) in [5.74, 6) is -0.415. The molecule has 0 amide bonds. The van der Waals surface area contributed by atoms with Crippen LogP contribution >= 0.6 is 0 Å². The molecule has 1 aromatic carbocycles. The molecule has 5 nitrogen and oxygen atoms in total. The van der Waals surface area contributed by atoms with E-state index in [0.29, 0.717) is 24.4 Å². The van der Waals surface area contributed by atoms with Gasteiger partial charge in [-0.1, -0.05) is 11.6 Å². The standard InChI is InChI=1S/C16H20N2O3/c1-4-21-16(20)13-9-17-14-6-5-10(2)7-12(14)15(13)18-8-11(3)19/h5-7,9,11,19H,4,8H2,1-3H3,(H,17,18)/t11-/m1/s1. The van der Waals surface area contributed by atoms with Gasteiger partial charge in [0.2, 0.25) is 0 Å². The number of carbonyl (C=O) groups is 1. The van der Waals surface area contributed by atoms with E-state index in [2.05, 4.69) is 10.3 Å². The van der Waals surface area contributed by atoms with Crippen LogP contribution in [0.4, 0.5) is 5.69 Å². The van der Waals surface area contributed by atoms with Crippen LogP contribution in [0.1, 0.15) is 29.8 Å². The van der Waals surface area contributed by atoms with E-state index < -0.39 is 12.1 Å². The number of aromatic nitrogens is 1. The normalized spacial score (nSPS) is 12.2. The number of hydrogen-bond donors (Lipinski definition) is 2. The van der Waals surface area contributed by atoms with Gasteiger partial charge in [0, 0.05) is 18.1 Å². The SMILES string of the molecule is CCOC(=O)c1cnc2ccc(C)cc2c1NC[C@@H](C)O. The first-order chi connectivity index (χ1) is 10.0. The van der Waals surface area contributed by atoms with Crippen LogP contribution in [-0.4, -0.2) is 35.3 Å². The Kier molecular flexibility index (Phi) is 4.75. The van der Waals surface area contributed by atoms with Crippen LogP contribution in [0.3, 0.4) is 0 Å². The summed E-state index contributed by atoms with van der Waals surface area (Å²) in [5.41, 5.74) is 2.91. The van der Waals surface area contributed by atoms with Gasteiger partial charge in [-0.2, -0.15) is 0 Å². The Bertz CT molecular complexity index is 653. The average Bonchev–Trinajstić information content (AvgIpc) is 2.44. The number of esters is 1. The summed E-state index contributed by atoms with van der Waals surface area (Å²) in [4.78, 5) is 16.4. The van der Waals surface area contributed by atoms with E-state index >= 15 is 0 Å². The summed E-state index contributed by atoms with van der Waals surface area (Å²) in [5, 5.41) is 13.5. The van der Waals surface area contributed by atoms with Crippen LogP contribution in [-0.2, 0) is 4.74 Å². The predicted octanol–water partition coefficient (Wildman–Crippen LogP) is 2.51. The van der Waals surface area contributed by atoms with Gasteiger partial charge in [-0.25, -0.2) is 4.79 Å². The number of pyridine rings is 1. The Balaban J connectivity index is 2.55. The van der Waals surface area contributed by atoms with Gasteiger partial charge in [0.05, 0.1) is 23.9 Å². The van der Waals surface area contributed by atoms with Gasteiger partial charge in [0.1, 0.15) is 5.56 Å². The van der Waals surface area contributed by atoms with Crippen LogP contribution in [0.2, 0.25) is 0 Å². The summed E-state index contributed by atoms with van der Waals surface area (Å²) in [6, 6.07) is 5.85. The molecule has 0 saturated carbocycles. The zero-order valence-electron chi connectivity index (χ0n) is 12.5. The second-order valence-corrected chi connectivity index (χ2v) is 5.02. The van der Waals surface area contributed by atoms with E-state index in [1.165, 1.54) is 6.20 Å². The first kappa shape index (κ1) is 15.3. The number of hydrogen-bond acceptors (Lipinski definition) is 5. The number of anilines is 1. The number of aliphatic hydroxyl groups excluding tert-OH is 1. The van der Waals surface area contributed by atoms with Crippen molar-refractivity contribution in [3.63, 3.8) is 0 Å². The van der Waals surface area contributed by atoms with E-state index in [1.807, 2.05) is 25.1 Å². The zero-order chi connectivity index (χ0) is 15.4. The molecule has 0 aliphatic heterocycles. The van der Waals surface area contributed by atoms with E-state index in [9.17, 15) is 9.90 Å². The number of benzene rings is 1. The largest absolute Gasteiger partial charge is 0.462 e. The number of rotatable bonds is 5. The molecule has 2 aromatic rings. The van der Waals surface area contributed by atoms with Gasteiger partial charge in [-0.05, 0) is 32.9 Å². The van der Waals surface area contributed by atoms with Gasteiger partial charge in [0.15, 0.2) is 0 Å². The van der Waals surface area contributed by atoms with Crippen LogP contribution in [0.25, 0.3) is 10.9 Å². The summed E-state index contributed by atoms with van der Waals surface area (Å²) in [6.45, 7) is 6.08. The first-order valence-electron chi connectivity index (χ1n) is 7.01. The highest BCUT2D eigenvalue weighted by Crippen LogP contribution is 2.27. The number of nitrogens with one attached hydrogen (secondary N) is 1. The van der Waals surface area contributed by atoms with E-state index in [-0.39, 0.29) is 0 Å². The van der Waals surface area contributed by atoms with Gasteiger partial charge >= 0.3 is 5.97 Å². The predicted molar refractivity (Wildman–Crippen MR) is 82.6 cm³/mol. The lowest BCUT2D eigenvalue weighted by Gasteiger charge is -2.15. The van der Waals surface area contributed by atoms with E-state index in [1.54, 1.807) is 13.8 Å². The fourth-order valence-electron chi connectivity index (χ4n) is 2.11. The number of aryl methyl sites for hydroxylation is 1. The van der Waals surface area contributed by atoms with Crippen molar-refractivity contribution >= 4 is 22.6 Å². The second-order valence-electron chi connectivity index (χ2n) is 5.02. The van der Waals surface area contributed by atoms with Crippen molar-refractivity contribution in [1.82, 2.24) is 4.98 Å². The minimum absolute atomic E-state index is 0.306. The molecule has 0 spiro atoms. The zero-order valence-corrected chi connectivity index (χ0v) is 12.5. The molecule has 2 rings (SSSR count). The van der Waals surface area contributed by atoms with Crippen molar-refractivity contribution in [2.24, 2.45) is 0 Å². The third-order valence-corrected chi connectivity index (χ3v) is 3.09. The number of fused-ring (bicyclic) bond motifs is 1.